The molecule has 0 bridgehead atoms. The molecule has 5 aromatic rings. The fraction of sp³-hybridized carbons (Fsp3) is 0.750. The normalized spacial score (nSPS) is 12.0. The fourth-order valence-corrected chi connectivity index (χ4v) is 12.9. The van der Waals surface area contributed by atoms with Gasteiger partial charge in [-0.15, -0.1) is 0 Å². The van der Waals surface area contributed by atoms with E-state index in [1.165, 1.54) is 119 Å². The molecule has 820 valence electrons. The lowest BCUT2D eigenvalue weighted by Crippen LogP contribution is -2.41. The summed E-state index contributed by atoms with van der Waals surface area (Å²) in [6.07, 6.45) is 3.00. The first-order chi connectivity index (χ1) is 62.8. The molecule has 139 heavy (non-hydrogen) atoms. The molecule has 0 saturated carbocycles. The minimum absolute atomic E-state index is 0.0926. The summed E-state index contributed by atoms with van der Waals surface area (Å²) in [5.74, 6) is 0.0926. The average molecular weight is 1950 g/mol. The molecule has 1 amide bonds. The van der Waals surface area contributed by atoms with Gasteiger partial charge in [-0.1, -0.05) is 261 Å². The zero-order valence-electron chi connectivity index (χ0n) is 105. The number of rotatable bonds is 27. The molecule has 0 aliphatic rings. The van der Waals surface area contributed by atoms with Gasteiger partial charge in [0.2, 0.25) is 5.91 Å². The third kappa shape index (κ3) is 119. The Balaban J connectivity index is -0.000000188. The van der Waals surface area contributed by atoms with E-state index in [0.717, 1.165) is 52.4 Å². The third-order valence-electron chi connectivity index (χ3n) is 20.1. The van der Waals surface area contributed by atoms with Crippen molar-refractivity contribution in [2.75, 3.05) is 126 Å². The molecular formula is C124H248N14O. The van der Waals surface area contributed by atoms with Crippen LogP contribution in [0.2, 0.25) is 0 Å². The van der Waals surface area contributed by atoms with Crippen molar-refractivity contribution < 1.29 is 4.79 Å². The Morgan fingerprint density at radius 1 is 0.309 bits per heavy atom. The van der Waals surface area contributed by atoms with E-state index in [9.17, 15) is 4.79 Å². The summed E-state index contributed by atoms with van der Waals surface area (Å²) < 4.78 is 0. The summed E-state index contributed by atoms with van der Waals surface area (Å²) in [6.45, 7) is 144. The van der Waals surface area contributed by atoms with Gasteiger partial charge < -0.3 is 67.9 Å². The van der Waals surface area contributed by atoms with E-state index < -0.39 is 0 Å². The van der Waals surface area contributed by atoms with Crippen LogP contribution in [0.25, 0.3) is 0 Å². The van der Waals surface area contributed by atoms with Crippen molar-refractivity contribution in [1.82, 2.24) is 46.2 Å². The topological polar surface area (TPSA) is 150 Å². The van der Waals surface area contributed by atoms with Gasteiger partial charge in [-0.25, -0.2) is 0 Å². The number of carbonyl (C=O) groups excluding carboxylic acids is 1. The van der Waals surface area contributed by atoms with Crippen molar-refractivity contribution in [2.24, 2.45) is 27.1 Å². The zero-order valence-corrected chi connectivity index (χ0v) is 105. The molecule has 10 N–H and O–H groups in total. The number of aryl methyl sites for hydroxylation is 8. The van der Waals surface area contributed by atoms with E-state index in [-0.39, 0.29) is 28.1 Å². The number of hydrogen-bond donors (Lipinski definition) is 10. The quantitative estimate of drug-likeness (QED) is 0.0243. The summed E-state index contributed by atoms with van der Waals surface area (Å²) in [6, 6.07) is 40.4. The van der Waals surface area contributed by atoms with E-state index >= 15 is 0 Å². The number of carbonyl (C=O) groups is 1. The van der Waals surface area contributed by atoms with Gasteiger partial charge >= 0.3 is 0 Å². The molecule has 0 fully saturated rings. The highest BCUT2D eigenvalue weighted by Gasteiger charge is 2.19. The lowest BCUT2D eigenvalue weighted by Gasteiger charge is -2.33. The molecule has 0 aliphatic heterocycles. The van der Waals surface area contributed by atoms with Crippen LogP contribution in [-0.4, -0.2) is 189 Å². The number of nitrogens with one attached hydrogen (secondary N) is 10. The molecule has 2 atom stereocenters. The Labute approximate surface area is 872 Å². The number of anilines is 5. The van der Waals surface area contributed by atoms with Crippen LogP contribution in [0, 0.1) is 82.5 Å². The van der Waals surface area contributed by atoms with Crippen molar-refractivity contribution in [3.05, 3.63) is 148 Å². The summed E-state index contributed by atoms with van der Waals surface area (Å²) in [4.78, 5) is 19.6. The first kappa shape index (κ1) is 151. The SMILES string of the molecule is CC(C)NC(C)(C)C.CC(C)NCC(C)(C)C.CCC(=O)NC.CCC(C)NC(C)(C)C.CCC(C)NCC(C)(C)C.CCN(C)CC.CCN(CC)C(C)(C)C.CCN(CC)C(C)C.CCN(CC)CC(C)(C)C.Cc1cc(C)cc(NC(C)(C)C)c1.Cc1cc(C)cc(NC(C)C)c1.Cc1cc(C)cc(NCC(C)(C)C)c1.Cc1ccc(NC(C)(C)C)cc1.Cc1ccc(NCC(C)(C)C)cc1. The average Bonchev–Trinajstić information content (AvgIpc) is 0.850. The summed E-state index contributed by atoms with van der Waals surface area (Å²) >= 11 is 0. The van der Waals surface area contributed by atoms with Crippen molar-refractivity contribution in [3.8, 4) is 0 Å². The van der Waals surface area contributed by atoms with E-state index in [4.69, 9.17) is 0 Å². The van der Waals surface area contributed by atoms with Crippen LogP contribution in [-0.2, 0) is 4.79 Å². The summed E-state index contributed by atoms with van der Waals surface area (Å²) in [5.41, 5.74) is 19.7. The maximum absolute atomic E-state index is 10.1. The molecular weight excluding hydrogens is 1700 g/mol. The second kappa shape index (κ2) is 79.5. The van der Waals surface area contributed by atoms with Crippen LogP contribution in [0.1, 0.15) is 417 Å². The van der Waals surface area contributed by atoms with E-state index in [1.807, 2.05) is 6.92 Å². The molecule has 15 nitrogen and oxygen atoms in total. The molecule has 0 aromatic heterocycles. The molecule has 2 unspecified atom stereocenters. The maximum Gasteiger partial charge on any atom is 0.219 e. The number of benzene rings is 5. The van der Waals surface area contributed by atoms with E-state index in [0.29, 0.717) is 75.3 Å². The van der Waals surface area contributed by atoms with Gasteiger partial charge in [0.05, 0.1) is 0 Å². The highest BCUT2D eigenvalue weighted by atomic mass is 16.1. The molecule has 0 spiro atoms. The van der Waals surface area contributed by atoms with Gasteiger partial charge in [0.15, 0.2) is 0 Å². The Bertz CT molecular complexity index is 3550. The number of hydrogen-bond acceptors (Lipinski definition) is 14. The predicted molar refractivity (Wildman–Crippen MR) is 643 cm³/mol. The maximum atomic E-state index is 10.1. The molecule has 5 rings (SSSR count). The van der Waals surface area contributed by atoms with Gasteiger partial charge in [0.1, 0.15) is 0 Å². The minimum Gasteiger partial charge on any atom is -0.385 e. The molecule has 0 heterocycles. The number of nitrogens with zero attached hydrogens (tertiary/aromatic N) is 4. The van der Waals surface area contributed by atoms with Crippen molar-refractivity contribution in [2.45, 2.75) is 492 Å². The van der Waals surface area contributed by atoms with Crippen LogP contribution in [0.15, 0.2) is 103 Å². The monoisotopic (exact) mass is 1950 g/mol. The molecule has 15 heteroatoms. The second-order valence-electron chi connectivity index (χ2n) is 50.5. The Hall–Kier alpha value is -5.75. The highest BCUT2D eigenvalue weighted by Crippen LogP contribution is 2.23. The minimum atomic E-state index is 0.0926. The smallest absolute Gasteiger partial charge is 0.219 e. The first-order valence-corrected chi connectivity index (χ1v) is 54.2. The first-order valence-electron chi connectivity index (χ1n) is 54.2. The van der Waals surface area contributed by atoms with Crippen molar-refractivity contribution in [3.63, 3.8) is 0 Å². The molecule has 0 radical (unpaired) electrons. The van der Waals surface area contributed by atoms with Crippen LogP contribution < -0.4 is 53.2 Å². The van der Waals surface area contributed by atoms with Crippen LogP contribution >= 0.6 is 0 Å². The standard InChI is InChI=1S/C13H21N.2C12H19N.2C11H17N.2C9H21N.3C8H19N.2C7H17N.C5H13N.C4H9NO/c1-10-6-11(2)8-12(7-10)14-9-13(3,4)5;1-9-6-10(2)8-11(7-9)13-12(3,4)5;1-10-5-7-11(8-6-10)13-9-12(2,3)4;1-8(2)12-11-6-9(3)5-10(4)7-11;1-9-5-7-10(8-6-9)12-11(2,3)4;1-6-8(2)10-7-9(3,4)5;1-6-10(7-2)8-9(3,4)5;1-7(2)9-6-8(3,4)5;1-6-9(7-2)8(3,4)5;1-6-7(2)9-8(3,4)5;1-6(2)8-7(3,4)5;1-5-8(6-2)7(3)4;1-4-6(3)5-2;1-3-4(6)5-2/h6-8,14H,9H2,1-5H3;6-8,13H,1-5H3;5-8,13H,9H2,1-4H3;2*5-8,12H,1-4H3;8,10H,6-7H2,1-5H3;6-8H2,1-5H3;7,9H,6H2,1-5H3;6-7H2,1-5H3;7,9H,6H2,1-5H3;6,8H,1-5H3;7H,5-6H2,1-4H3;4-5H2,1-3H3;3H2,1-2H3,(H,5,6). The van der Waals surface area contributed by atoms with Crippen LogP contribution in [0.4, 0.5) is 28.4 Å². The largest absolute Gasteiger partial charge is 0.385 e. The Morgan fingerprint density at radius 3 is 0.813 bits per heavy atom. The second-order valence-corrected chi connectivity index (χ2v) is 50.5. The molecule has 0 saturated heterocycles. The van der Waals surface area contributed by atoms with Crippen LogP contribution in [0.5, 0.6) is 0 Å². The van der Waals surface area contributed by atoms with Crippen LogP contribution in [0.3, 0.4) is 0 Å². The fourth-order valence-electron chi connectivity index (χ4n) is 12.9. The summed E-state index contributed by atoms with van der Waals surface area (Å²) in [7, 11) is 3.74. The Kier molecular flexibility index (Phi) is 86.4. The van der Waals surface area contributed by atoms with Crippen molar-refractivity contribution >= 4 is 34.3 Å². The van der Waals surface area contributed by atoms with Gasteiger partial charge in [-0.2, -0.15) is 0 Å². The van der Waals surface area contributed by atoms with Gasteiger partial charge in [0, 0.05) is 139 Å². The highest BCUT2D eigenvalue weighted by molar-refractivity contribution is 5.75. The van der Waals surface area contributed by atoms with Crippen molar-refractivity contribution in [1.29, 1.82) is 0 Å². The van der Waals surface area contributed by atoms with Gasteiger partial charge in [-0.3, -0.25) is 9.69 Å². The van der Waals surface area contributed by atoms with Gasteiger partial charge in [-0.05, 0) is 394 Å². The predicted octanol–water partition coefficient (Wildman–Crippen LogP) is 32.8. The third-order valence-corrected chi connectivity index (χ3v) is 20.1. The molecule has 5 aromatic carbocycles. The van der Waals surface area contributed by atoms with E-state index in [2.05, 4.69) is 585 Å². The molecule has 0 aliphatic carbocycles. The lowest BCUT2D eigenvalue weighted by atomic mass is 9.96. The zero-order chi connectivity index (χ0) is 111. The summed E-state index contributed by atoms with van der Waals surface area (Å²) in [5, 5.41) is 33.3. The Morgan fingerprint density at radius 2 is 0.626 bits per heavy atom. The van der Waals surface area contributed by atoms with Gasteiger partial charge in [0.25, 0.3) is 0 Å². The van der Waals surface area contributed by atoms with E-state index in [1.54, 1.807) is 7.05 Å². The number of amides is 1. The lowest BCUT2D eigenvalue weighted by molar-refractivity contribution is -0.120.